The monoisotopic (exact) mass is 311 g/mol. The van der Waals surface area contributed by atoms with Gasteiger partial charge in [-0.2, -0.15) is 0 Å². The molecule has 0 spiro atoms. The molecule has 2 rings (SSSR count). The van der Waals surface area contributed by atoms with Gasteiger partial charge in [0.1, 0.15) is 15.7 Å². The molecule has 6 nitrogen and oxygen atoms in total. The maximum Gasteiger partial charge on any atom is 0.265 e. The van der Waals surface area contributed by atoms with Crippen molar-refractivity contribution >= 4 is 39.5 Å². The van der Waals surface area contributed by atoms with E-state index in [-0.39, 0.29) is 17.8 Å². The van der Waals surface area contributed by atoms with E-state index in [9.17, 15) is 4.79 Å². The first-order chi connectivity index (χ1) is 9.51. The molecule has 20 heavy (non-hydrogen) atoms. The van der Waals surface area contributed by atoms with Crippen LogP contribution in [0.1, 0.15) is 39.4 Å². The maximum absolute atomic E-state index is 12.2. The molecular weight excluding hydrogens is 294 g/mol. The van der Waals surface area contributed by atoms with Crippen LogP contribution in [-0.4, -0.2) is 22.4 Å². The molecule has 2 aromatic heterocycles. The zero-order valence-electron chi connectivity index (χ0n) is 11.6. The van der Waals surface area contributed by atoms with Crippen LogP contribution >= 0.6 is 22.7 Å². The number of nitrogens with one attached hydrogen (secondary N) is 2. The minimum atomic E-state index is -0.218. The van der Waals surface area contributed by atoms with E-state index in [4.69, 9.17) is 5.73 Å². The predicted octanol–water partition coefficient (Wildman–Crippen LogP) is 2.41. The lowest BCUT2D eigenvalue weighted by atomic mass is 10.3. The molecular formula is C12H17N5OS2. The molecule has 0 aliphatic carbocycles. The smallest absolute Gasteiger partial charge is 0.265 e. The van der Waals surface area contributed by atoms with E-state index in [0.717, 1.165) is 16.4 Å². The van der Waals surface area contributed by atoms with Gasteiger partial charge < -0.3 is 16.4 Å². The molecule has 0 aliphatic heterocycles. The Balaban J connectivity index is 2.08. The SMILES string of the molecule is CCNc1nc(N)c(C(=O)NC(C)c2ncc(C)s2)s1. The van der Waals surface area contributed by atoms with Crippen LogP contribution in [0.4, 0.5) is 10.9 Å². The highest BCUT2D eigenvalue weighted by Crippen LogP contribution is 2.26. The van der Waals surface area contributed by atoms with Crippen LogP contribution in [0.5, 0.6) is 0 Å². The number of thiazole rings is 2. The van der Waals surface area contributed by atoms with E-state index in [1.807, 2.05) is 20.8 Å². The molecule has 0 fully saturated rings. The lowest BCUT2D eigenvalue weighted by molar-refractivity contribution is 0.0944. The van der Waals surface area contributed by atoms with E-state index in [1.165, 1.54) is 11.3 Å². The quantitative estimate of drug-likeness (QED) is 0.788. The lowest BCUT2D eigenvalue weighted by Gasteiger charge is -2.10. The second-order valence-electron chi connectivity index (χ2n) is 4.27. The van der Waals surface area contributed by atoms with Crippen LogP contribution in [0.3, 0.4) is 0 Å². The van der Waals surface area contributed by atoms with Crippen LogP contribution in [0.15, 0.2) is 6.20 Å². The van der Waals surface area contributed by atoms with Gasteiger partial charge in [-0.3, -0.25) is 4.79 Å². The van der Waals surface area contributed by atoms with Crippen molar-refractivity contribution in [3.05, 3.63) is 21.0 Å². The molecule has 1 atom stereocenters. The van der Waals surface area contributed by atoms with Crippen molar-refractivity contribution in [3.63, 3.8) is 0 Å². The molecule has 8 heteroatoms. The van der Waals surface area contributed by atoms with Gasteiger partial charge in [-0.1, -0.05) is 11.3 Å². The van der Waals surface area contributed by atoms with E-state index < -0.39 is 0 Å². The second kappa shape index (κ2) is 6.19. The maximum atomic E-state index is 12.2. The molecule has 2 heterocycles. The molecule has 0 aliphatic rings. The van der Waals surface area contributed by atoms with Crippen LogP contribution < -0.4 is 16.4 Å². The van der Waals surface area contributed by atoms with E-state index >= 15 is 0 Å². The number of aromatic nitrogens is 2. The predicted molar refractivity (Wildman–Crippen MR) is 83.4 cm³/mol. The van der Waals surface area contributed by atoms with Crippen LogP contribution in [0.2, 0.25) is 0 Å². The van der Waals surface area contributed by atoms with E-state index in [0.29, 0.717) is 10.0 Å². The lowest BCUT2D eigenvalue weighted by Crippen LogP contribution is -2.26. The summed E-state index contributed by atoms with van der Waals surface area (Å²) in [4.78, 5) is 22.1. The molecule has 1 unspecified atom stereocenters. The molecule has 4 N–H and O–H groups in total. The number of nitrogens with zero attached hydrogens (tertiary/aromatic N) is 2. The fourth-order valence-electron chi connectivity index (χ4n) is 1.62. The second-order valence-corrected chi connectivity index (χ2v) is 6.53. The summed E-state index contributed by atoms with van der Waals surface area (Å²) in [6.07, 6.45) is 1.80. The van der Waals surface area contributed by atoms with Gasteiger partial charge in [0.05, 0.1) is 6.04 Å². The summed E-state index contributed by atoms with van der Waals surface area (Å²) in [6.45, 7) is 6.59. The van der Waals surface area contributed by atoms with Crippen molar-refractivity contribution in [2.75, 3.05) is 17.6 Å². The number of aryl methyl sites for hydroxylation is 1. The summed E-state index contributed by atoms with van der Waals surface area (Å²) in [6, 6.07) is -0.148. The number of anilines is 2. The fourth-order valence-corrected chi connectivity index (χ4v) is 3.25. The Bertz CT molecular complexity index is 607. The zero-order chi connectivity index (χ0) is 14.7. The van der Waals surface area contributed by atoms with Crippen molar-refractivity contribution in [3.8, 4) is 0 Å². The van der Waals surface area contributed by atoms with Crippen molar-refractivity contribution in [1.29, 1.82) is 0 Å². The van der Waals surface area contributed by atoms with Gasteiger partial charge >= 0.3 is 0 Å². The Labute approximate surface area is 125 Å². The summed E-state index contributed by atoms with van der Waals surface area (Å²) < 4.78 is 0. The Morgan fingerprint density at radius 3 is 2.85 bits per heavy atom. The minimum Gasteiger partial charge on any atom is -0.382 e. The Morgan fingerprint density at radius 1 is 1.50 bits per heavy atom. The standard InChI is InChI=1S/C12H17N5OS2/c1-4-14-12-17-9(13)8(20-12)10(18)16-7(3)11-15-5-6(2)19-11/h5,7H,4,13H2,1-3H3,(H,14,17)(H,16,18). The van der Waals surface area contributed by atoms with E-state index in [1.54, 1.807) is 17.5 Å². The summed E-state index contributed by atoms with van der Waals surface area (Å²) >= 11 is 2.83. The Kier molecular flexibility index (Phi) is 4.56. The fraction of sp³-hybridized carbons (Fsp3) is 0.417. The van der Waals surface area contributed by atoms with Crippen LogP contribution in [0, 0.1) is 6.92 Å². The first-order valence-corrected chi connectivity index (χ1v) is 7.88. The third kappa shape index (κ3) is 3.26. The molecule has 2 aromatic rings. The number of hydrogen-bond acceptors (Lipinski definition) is 7. The van der Waals surface area contributed by atoms with Gasteiger partial charge in [0.15, 0.2) is 5.13 Å². The normalized spacial score (nSPS) is 12.2. The van der Waals surface area contributed by atoms with Gasteiger partial charge in [-0.05, 0) is 20.8 Å². The highest BCUT2D eigenvalue weighted by Gasteiger charge is 2.19. The molecule has 1 amide bonds. The third-order valence-corrected chi connectivity index (χ3v) is 4.67. The third-order valence-electron chi connectivity index (χ3n) is 2.54. The highest BCUT2D eigenvalue weighted by atomic mass is 32.1. The summed E-state index contributed by atoms with van der Waals surface area (Å²) in [5, 5.41) is 7.48. The number of rotatable bonds is 5. The number of carbonyl (C=O) groups is 1. The number of nitrogens with two attached hydrogens (primary N) is 1. The van der Waals surface area contributed by atoms with Gasteiger partial charge in [-0.25, -0.2) is 9.97 Å². The van der Waals surface area contributed by atoms with Crippen molar-refractivity contribution < 1.29 is 4.79 Å². The summed E-state index contributed by atoms with van der Waals surface area (Å²) in [5.41, 5.74) is 5.78. The Hall–Kier alpha value is -1.67. The average molecular weight is 311 g/mol. The summed E-state index contributed by atoms with van der Waals surface area (Å²) in [7, 11) is 0. The van der Waals surface area contributed by atoms with Crippen LogP contribution in [-0.2, 0) is 0 Å². The van der Waals surface area contributed by atoms with Crippen molar-refractivity contribution in [2.24, 2.45) is 0 Å². The molecule has 0 saturated heterocycles. The first kappa shape index (κ1) is 14.7. The number of nitrogen functional groups attached to an aromatic ring is 1. The number of hydrogen-bond donors (Lipinski definition) is 3. The number of carbonyl (C=O) groups excluding carboxylic acids is 1. The molecule has 0 saturated carbocycles. The molecule has 0 aromatic carbocycles. The molecule has 0 radical (unpaired) electrons. The van der Waals surface area contributed by atoms with Gasteiger partial charge in [0.25, 0.3) is 5.91 Å². The molecule has 0 bridgehead atoms. The minimum absolute atomic E-state index is 0.148. The van der Waals surface area contributed by atoms with E-state index in [2.05, 4.69) is 20.6 Å². The molecule has 108 valence electrons. The summed E-state index contributed by atoms with van der Waals surface area (Å²) in [5.74, 6) is 0.0375. The van der Waals surface area contributed by atoms with Crippen LogP contribution in [0.25, 0.3) is 0 Å². The van der Waals surface area contributed by atoms with Gasteiger partial charge in [0.2, 0.25) is 0 Å². The topological polar surface area (TPSA) is 92.9 Å². The largest absolute Gasteiger partial charge is 0.382 e. The van der Waals surface area contributed by atoms with Gasteiger partial charge in [0, 0.05) is 17.6 Å². The first-order valence-electron chi connectivity index (χ1n) is 6.24. The van der Waals surface area contributed by atoms with Crippen molar-refractivity contribution in [1.82, 2.24) is 15.3 Å². The number of amides is 1. The zero-order valence-corrected chi connectivity index (χ0v) is 13.2. The van der Waals surface area contributed by atoms with Gasteiger partial charge in [-0.15, -0.1) is 11.3 Å². The Morgan fingerprint density at radius 2 is 2.25 bits per heavy atom. The van der Waals surface area contributed by atoms with Crippen molar-refractivity contribution in [2.45, 2.75) is 26.8 Å². The highest BCUT2D eigenvalue weighted by molar-refractivity contribution is 7.18. The average Bonchev–Trinajstić information content (AvgIpc) is 2.96.